The van der Waals surface area contributed by atoms with Gasteiger partial charge < -0.3 is 9.80 Å². The molecule has 0 bridgehead atoms. The molecule has 2 aromatic rings. The van der Waals surface area contributed by atoms with Crippen LogP contribution in [-0.2, 0) is 0 Å². The molecule has 5 nitrogen and oxygen atoms in total. The summed E-state index contributed by atoms with van der Waals surface area (Å²) in [7, 11) is 2.08. The topological polar surface area (TPSA) is 41.4 Å². The van der Waals surface area contributed by atoms with Gasteiger partial charge in [0.25, 0.3) is 0 Å². The van der Waals surface area contributed by atoms with E-state index in [-0.39, 0.29) is 5.82 Å². The fourth-order valence-corrected chi connectivity index (χ4v) is 2.78. The first-order valence-electron chi connectivity index (χ1n) is 7.34. The highest BCUT2D eigenvalue weighted by Gasteiger charge is 2.24. The first-order chi connectivity index (χ1) is 10.6. The van der Waals surface area contributed by atoms with Crippen LogP contribution in [0.5, 0.6) is 0 Å². The van der Waals surface area contributed by atoms with Crippen LogP contribution in [0.1, 0.15) is 16.1 Å². The quantitative estimate of drug-likeness (QED) is 0.812. The van der Waals surface area contributed by atoms with Gasteiger partial charge in [-0.15, -0.1) is 0 Å². The molecule has 1 aliphatic rings. The van der Waals surface area contributed by atoms with Crippen LogP contribution in [-0.4, -0.2) is 54.2 Å². The van der Waals surface area contributed by atoms with Gasteiger partial charge in [-0.2, -0.15) is 5.10 Å². The molecule has 6 heteroatoms. The van der Waals surface area contributed by atoms with Crippen molar-refractivity contribution in [3.63, 3.8) is 0 Å². The van der Waals surface area contributed by atoms with Crippen molar-refractivity contribution in [3.05, 3.63) is 41.3 Å². The highest BCUT2D eigenvalue weighted by atomic mass is 19.1. The van der Waals surface area contributed by atoms with Crippen LogP contribution >= 0.6 is 0 Å². The summed E-state index contributed by atoms with van der Waals surface area (Å²) in [5.74, 6) is 0.439. The molecule has 1 fully saturated rings. The Hall–Kier alpha value is -2.21. The van der Waals surface area contributed by atoms with Gasteiger partial charge in [-0.3, -0.25) is 4.79 Å². The van der Waals surface area contributed by atoms with Crippen LogP contribution in [0, 0.1) is 12.7 Å². The predicted octanol–water partition coefficient (Wildman–Crippen LogP) is 1.88. The monoisotopic (exact) mass is 302 g/mol. The van der Waals surface area contributed by atoms with Crippen molar-refractivity contribution in [3.8, 4) is 5.69 Å². The maximum atomic E-state index is 13.5. The first kappa shape index (κ1) is 14.7. The van der Waals surface area contributed by atoms with Gasteiger partial charge in [-0.1, -0.05) is 6.07 Å². The van der Waals surface area contributed by atoms with Crippen LogP contribution in [0.4, 0.5) is 10.2 Å². The molecule has 3 rings (SSSR count). The number of anilines is 1. The van der Waals surface area contributed by atoms with Crippen LogP contribution in [0.2, 0.25) is 0 Å². The second kappa shape index (κ2) is 5.88. The van der Waals surface area contributed by atoms with Crippen molar-refractivity contribution < 1.29 is 9.18 Å². The number of halogens is 1. The number of aryl methyl sites for hydroxylation is 1. The third-order valence-corrected chi connectivity index (χ3v) is 4.05. The second-order valence-electron chi connectivity index (χ2n) is 5.62. The smallest absolute Gasteiger partial charge is 0.155 e. The molecule has 1 saturated heterocycles. The van der Waals surface area contributed by atoms with Gasteiger partial charge in [-0.05, 0) is 32.2 Å². The Morgan fingerprint density at radius 3 is 2.59 bits per heavy atom. The minimum atomic E-state index is -0.317. The number of nitrogens with zero attached hydrogens (tertiary/aromatic N) is 4. The number of aromatic nitrogens is 2. The minimum absolute atomic E-state index is 0.317. The second-order valence-corrected chi connectivity index (χ2v) is 5.62. The van der Waals surface area contributed by atoms with E-state index in [2.05, 4.69) is 21.9 Å². The van der Waals surface area contributed by atoms with Gasteiger partial charge in [0.2, 0.25) is 0 Å². The molecule has 0 unspecified atom stereocenters. The molecule has 0 amide bonds. The number of aldehydes is 1. The highest BCUT2D eigenvalue weighted by molar-refractivity contribution is 5.85. The third kappa shape index (κ3) is 2.62. The molecule has 0 saturated carbocycles. The molecule has 0 radical (unpaired) electrons. The largest absolute Gasteiger partial charge is 0.353 e. The molecule has 1 aliphatic heterocycles. The molecule has 1 aromatic carbocycles. The Bertz CT molecular complexity index is 689. The number of carbonyl (C=O) groups excluding carboxylic acids is 1. The highest BCUT2D eigenvalue weighted by Crippen LogP contribution is 2.27. The molecule has 0 aliphatic carbocycles. The van der Waals surface area contributed by atoms with E-state index in [9.17, 15) is 9.18 Å². The predicted molar refractivity (Wildman–Crippen MR) is 83.4 cm³/mol. The average molecular weight is 302 g/mol. The van der Waals surface area contributed by atoms with Crippen LogP contribution in [0.25, 0.3) is 5.69 Å². The van der Waals surface area contributed by atoms with Crippen LogP contribution in [0.15, 0.2) is 24.3 Å². The van der Waals surface area contributed by atoms with Gasteiger partial charge in [0.05, 0.1) is 16.9 Å². The summed E-state index contributed by atoms with van der Waals surface area (Å²) in [6, 6.07) is 6.27. The number of piperazine rings is 1. The Morgan fingerprint density at radius 2 is 1.95 bits per heavy atom. The maximum absolute atomic E-state index is 13.5. The number of hydrogen-bond acceptors (Lipinski definition) is 4. The Kier molecular flexibility index (Phi) is 3.94. The summed E-state index contributed by atoms with van der Waals surface area (Å²) in [6.07, 6.45) is 0.839. The zero-order valence-corrected chi connectivity index (χ0v) is 12.8. The zero-order chi connectivity index (χ0) is 15.7. The lowest BCUT2D eigenvalue weighted by Crippen LogP contribution is -2.45. The Labute approximate surface area is 128 Å². The van der Waals surface area contributed by atoms with Crippen LogP contribution in [0.3, 0.4) is 0 Å². The fourth-order valence-electron chi connectivity index (χ4n) is 2.78. The molecular formula is C16H19FN4O. The molecular weight excluding hydrogens is 283 g/mol. The average Bonchev–Trinajstić information content (AvgIpc) is 2.84. The van der Waals surface area contributed by atoms with Gasteiger partial charge in [0.15, 0.2) is 6.29 Å². The van der Waals surface area contributed by atoms with Crippen molar-refractivity contribution in [1.82, 2.24) is 14.7 Å². The molecule has 116 valence electrons. The fraction of sp³-hybridized carbons (Fsp3) is 0.375. The summed E-state index contributed by atoms with van der Waals surface area (Å²) < 4.78 is 15.2. The summed E-state index contributed by atoms with van der Waals surface area (Å²) in [5, 5.41) is 4.45. The van der Waals surface area contributed by atoms with E-state index in [0.717, 1.165) is 38.3 Å². The Morgan fingerprint density at radius 1 is 1.23 bits per heavy atom. The zero-order valence-electron chi connectivity index (χ0n) is 12.8. The lowest BCUT2D eigenvalue weighted by atomic mass is 10.2. The maximum Gasteiger partial charge on any atom is 0.155 e. The van der Waals surface area contributed by atoms with E-state index in [1.165, 1.54) is 12.1 Å². The van der Waals surface area contributed by atoms with Crippen molar-refractivity contribution in [2.45, 2.75) is 6.92 Å². The Balaban J connectivity index is 2.09. The number of rotatable bonds is 3. The SMILES string of the molecule is Cc1nn(-c2cccc(F)c2)c(N2CCN(C)CC2)c1C=O. The van der Waals surface area contributed by atoms with Crippen molar-refractivity contribution in [2.24, 2.45) is 0 Å². The van der Waals surface area contributed by atoms with E-state index in [1.807, 2.05) is 0 Å². The van der Waals surface area contributed by atoms with Gasteiger partial charge >= 0.3 is 0 Å². The number of carbonyl (C=O) groups is 1. The van der Waals surface area contributed by atoms with E-state index in [1.54, 1.807) is 23.7 Å². The number of hydrogen-bond donors (Lipinski definition) is 0. The number of likely N-dealkylation sites (N-methyl/N-ethyl adjacent to an activating group) is 1. The molecule has 1 aromatic heterocycles. The molecule has 0 spiro atoms. The number of benzene rings is 1. The summed E-state index contributed by atoms with van der Waals surface area (Å²) in [4.78, 5) is 15.9. The van der Waals surface area contributed by atoms with Crippen LogP contribution < -0.4 is 4.90 Å². The summed E-state index contributed by atoms with van der Waals surface area (Å²) >= 11 is 0. The normalized spacial score (nSPS) is 16.0. The lowest BCUT2D eigenvalue weighted by Gasteiger charge is -2.34. The molecule has 22 heavy (non-hydrogen) atoms. The first-order valence-corrected chi connectivity index (χ1v) is 7.34. The van der Waals surface area contributed by atoms with E-state index >= 15 is 0 Å². The lowest BCUT2D eigenvalue weighted by molar-refractivity contribution is 0.112. The minimum Gasteiger partial charge on any atom is -0.353 e. The molecule has 0 atom stereocenters. The van der Waals surface area contributed by atoms with Gasteiger partial charge in [-0.25, -0.2) is 9.07 Å². The standard InChI is InChI=1S/C16H19FN4O/c1-12-15(11-22)16(20-8-6-19(2)7-9-20)21(18-12)14-5-3-4-13(17)10-14/h3-5,10-11H,6-9H2,1-2H3. The van der Waals surface area contributed by atoms with Crippen molar-refractivity contribution in [1.29, 1.82) is 0 Å². The van der Waals surface area contributed by atoms with E-state index < -0.39 is 0 Å². The van der Waals surface area contributed by atoms with Crippen molar-refractivity contribution in [2.75, 3.05) is 38.1 Å². The van der Waals surface area contributed by atoms with E-state index in [4.69, 9.17) is 0 Å². The van der Waals surface area contributed by atoms with Gasteiger partial charge in [0.1, 0.15) is 11.6 Å². The summed E-state index contributed by atoms with van der Waals surface area (Å²) in [6.45, 7) is 5.28. The summed E-state index contributed by atoms with van der Waals surface area (Å²) in [5.41, 5.74) is 1.87. The third-order valence-electron chi connectivity index (χ3n) is 4.05. The van der Waals surface area contributed by atoms with E-state index in [0.29, 0.717) is 16.9 Å². The molecule has 0 N–H and O–H groups in total. The van der Waals surface area contributed by atoms with Crippen molar-refractivity contribution >= 4 is 12.1 Å². The van der Waals surface area contributed by atoms with Gasteiger partial charge in [0, 0.05) is 26.2 Å². The molecule has 2 heterocycles.